The van der Waals surface area contributed by atoms with Crippen molar-refractivity contribution in [2.24, 2.45) is 7.05 Å². The summed E-state index contributed by atoms with van der Waals surface area (Å²) >= 11 is 6.22. The van der Waals surface area contributed by atoms with E-state index in [2.05, 4.69) is 10.4 Å². The number of hydrogen-bond acceptors (Lipinski definition) is 5. The Morgan fingerprint density at radius 2 is 1.77 bits per heavy atom. The molecule has 0 atom stereocenters. The summed E-state index contributed by atoms with van der Waals surface area (Å²) in [6, 6.07) is 2.92. The maximum absolute atomic E-state index is 13.0. The number of nitrogens with zero attached hydrogens (tertiary/aromatic N) is 4. The molecule has 166 valence electrons. The molecular formula is C21H26ClN5O4. The molecule has 2 aliphatic rings. The molecule has 0 saturated carbocycles. The SMILES string of the molecule is COc1cc(OC)c(NC(=O)N2CCc3c(c(C(=O)N4CCCC4)nn3C)C2)cc1Cl. The maximum atomic E-state index is 13.0. The predicted octanol–water partition coefficient (Wildman–Crippen LogP) is 2.92. The van der Waals surface area contributed by atoms with Crippen molar-refractivity contribution in [3.05, 3.63) is 34.1 Å². The smallest absolute Gasteiger partial charge is 0.322 e. The Kier molecular flexibility index (Phi) is 5.95. The van der Waals surface area contributed by atoms with Gasteiger partial charge in [-0.15, -0.1) is 0 Å². The second-order valence-corrected chi connectivity index (χ2v) is 8.09. The second kappa shape index (κ2) is 8.66. The molecule has 0 spiro atoms. The molecular weight excluding hydrogens is 422 g/mol. The highest BCUT2D eigenvalue weighted by molar-refractivity contribution is 6.32. The van der Waals surface area contributed by atoms with Gasteiger partial charge in [0.15, 0.2) is 5.69 Å². The molecule has 31 heavy (non-hydrogen) atoms. The minimum Gasteiger partial charge on any atom is -0.495 e. The van der Waals surface area contributed by atoms with Gasteiger partial charge in [-0.3, -0.25) is 9.48 Å². The van der Waals surface area contributed by atoms with Crippen molar-refractivity contribution in [3.8, 4) is 11.5 Å². The summed E-state index contributed by atoms with van der Waals surface area (Å²) in [6.45, 7) is 2.34. The Hall–Kier alpha value is -2.94. The summed E-state index contributed by atoms with van der Waals surface area (Å²) in [7, 11) is 4.87. The third-order valence-corrected chi connectivity index (χ3v) is 6.14. The molecule has 0 aliphatic carbocycles. The molecule has 10 heteroatoms. The summed E-state index contributed by atoms with van der Waals surface area (Å²) in [5.74, 6) is 0.846. The summed E-state index contributed by atoms with van der Waals surface area (Å²) in [5, 5.41) is 7.72. The zero-order valence-electron chi connectivity index (χ0n) is 17.9. The van der Waals surface area contributed by atoms with E-state index in [1.807, 2.05) is 11.9 Å². The molecule has 1 saturated heterocycles. The van der Waals surface area contributed by atoms with Gasteiger partial charge in [-0.2, -0.15) is 5.10 Å². The van der Waals surface area contributed by atoms with Crippen LogP contribution in [0.5, 0.6) is 11.5 Å². The number of urea groups is 1. The largest absolute Gasteiger partial charge is 0.495 e. The van der Waals surface area contributed by atoms with Gasteiger partial charge in [0.25, 0.3) is 5.91 Å². The van der Waals surface area contributed by atoms with Crippen LogP contribution in [0, 0.1) is 0 Å². The van der Waals surface area contributed by atoms with Crippen molar-refractivity contribution in [1.82, 2.24) is 19.6 Å². The Bertz CT molecular complexity index is 1020. The van der Waals surface area contributed by atoms with Gasteiger partial charge in [0.1, 0.15) is 11.5 Å². The normalized spacial score (nSPS) is 15.6. The Morgan fingerprint density at radius 1 is 1.06 bits per heavy atom. The Balaban J connectivity index is 1.54. The van der Waals surface area contributed by atoms with E-state index in [1.165, 1.54) is 14.2 Å². The number of anilines is 1. The number of amides is 3. The first kappa shape index (κ1) is 21.3. The van der Waals surface area contributed by atoms with Gasteiger partial charge >= 0.3 is 6.03 Å². The van der Waals surface area contributed by atoms with Gasteiger partial charge in [-0.05, 0) is 18.9 Å². The number of halogens is 1. The quantitative estimate of drug-likeness (QED) is 0.778. The van der Waals surface area contributed by atoms with Crippen molar-refractivity contribution in [2.45, 2.75) is 25.8 Å². The number of carbonyl (C=O) groups excluding carboxylic acids is 2. The Labute approximate surface area is 185 Å². The van der Waals surface area contributed by atoms with E-state index in [0.717, 1.165) is 37.2 Å². The monoisotopic (exact) mass is 447 g/mol. The van der Waals surface area contributed by atoms with Crippen LogP contribution in [0.15, 0.2) is 12.1 Å². The van der Waals surface area contributed by atoms with Crippen LogP contribution in [0.4, 0.5) is 10.5 Å². The van der Waals surface area contributed by atoms with E-state index in [-0.39, 0.29) is 11.9 Å². The van der Waals surface area contributed by atoms with Crippen LogP contribution >= 0.6 is 11.6 Å². The lowest BCUT2D eigenvalue weighted by Gasteiger charge is -2.28. The van der Waals surface area contributed by atoms with Gasteiger partial charge in [0, 0.05) is 50.4 Å². The summed E-state index contributed by atoms with van der Waals surface area (Å²) < 4.78 is 12.3. The minimum absolute atomic E-state index is 0.0554. The van der Waals surface area contributed by atoms with Crippen molar-refractivity contribution in [1.29, 1.82) is 0 Å². The van der Waals surface area contributed by atoms with Crippen molar-refractivity contribution in [3.63, 3.8) is 0 Å². The maximum Gasteiger partial charge on any atom is 0.322 e. The second-order valence-electron chi connectivity index (χ2n) is 7.69. The fourth-order valence-corrected chi connectivity index (χ4v) is 4.40. The minimum atomic E-state index is -0.298. The van der Waals surface area contributed by atoms with Crippen LogP contribution < -0.4 is 14.8 Å². The van der Waals surface area contributed by atoms with Gasteiger partial charge in [-0.25, -0.2) is 4.79 Å². The molecule has 2 aliphatic heterocycles. The van der Waals surface area contributed by atoms with Gasteiger partial charge in [0.05, 0.1) is 31.5 Å². The van der Waals surface area contributed by atoms with E-state index < -0.39 is 0 Å². The van der Waals surface area contributed by atoms with Gasteiger partial charge in [-0.1, -0.05) is 11.6 Å². The van der Waals surface area contributed by atoms with Gasteiger partial charge in [0.2, 0.25) is 0 Å². The molecule has 3 heterocycles. The number of ether oxygens (including phenoxy) is 2. The van der Waals surface area contributed by atoms with Gasteiger partial charge < -0.3 is 24.6 Å². The zero-order valence-corrected chi connectivity index (χ0v) is 18.7. The molecule has 1 aromatic carbocycles. The third kappa shape index (κ3) is 4.01. The lowest BCUT2D eigenvalue weighted by Crippen LogP contribution is -2.40. The highest BCUT2D eigenvalue weighted by atomic mass is 35.5. The van der Waals surface area contributed by atoms with E-state index >= 15 is 0 Å². The number of aryl methyl sites for hydroxylation is 1. The fraction of sp³-hybridized carbons (Fsp3) is 0.476. The summed E-state index contributed by atoms with van der Waals surface area (Å²) in [4.78, 5) is 29.5. The number of aromatic nitrogens is 2. The van der Waals surface area contributed by atoms with Crippen LogP contribution in [0.1, 0.15) is 34.6 Å². The van der Waals surface area contributed by atoms with Crippen LogP contribution in [0.3, 0.4) is 0 Å². The number of carbonyl (C=O) groups is 2. The lowest BCUT2D eigenvalue weighted by atomic mass is 10.0. The molecule has 1 N–H and O–H groups in total. The fourth-order valence-electron chi connectivity index (χ4n) is 4.16. The lowest BCUT2D eigenvalue weighted by molar-refractivity contribution is 0.0784. The van der Waals surface area contributed by atoms with Crippen LogP contribution in [-0.4, -0.2) is 65.4 Å². The number of fused-ring (bicyclic) bond motifs is 1. The molecule has 3 amide bonds. The highest BCUT2D eigenvalue weighted by Gasteiger charge is 2.32. The van der Waals surface area contributed by atoms with E-state index in [0.29, 0.717) is 47.4 Å². The van der Waals surface area contributed by atoms with Crippen LogP contribution in [-0.2, 0) is 20.0 Å². The average molecular weight is 448 g/mol. The van der Waals surface area contributed by atoms with E-state index in [9.17, 15) is 9.59 Å². The Morgan fingerprint density at radius 3 is 2.45 bits per heavy atom. The van der Waals surface area contributed by atoms with Crippen LogP contribution in [0.25, 0.3) is 0 Å². The standard InChI is InChI=1S/C21H26ClN5O4/c1-25-16-6-9-27(12-13(16)19(24-25)20(28)26-7-4-5-8-26)21(29)23-15-10-14(22)17(30-2)11-18(15)31-3/h10-11H,4-9,12H2,1-3H3,(H,23,29). The third-order valence-electron chi connectivity index (χ3n) is 5.84. The molecule has 0 bridgehead atoms. The molecule has 9 nitrogen and oxygen atoms in total. The molecule has 4 rings (SSSR count). The van der Waals surface area contributed by atoms with Crippen molar-refractivity contribution < 1.29 is 19.1 Å². The van der Waals surface area contributed by atoms with Crippen molar-refractivity contribution in [2.75, 3.05) is 39.2 Å². The summed E-state index contributed by atoms with van der Waals surface area (Å²) in [5.41, 5.74) is 2.71. The first-order chi connectivity index (χ1) is 14.9. The zero-order chi connectivity index (χ0) is 22.1. The van der Waals surface area contributed by atoms with E-state index in [4.69, 9.17) is 21.1 Å². The molecule has 0 radical (unpaired) electrons. The predicted molar refractivity (Wildman–Crippen MR) is 116 cm³/mol. The number of nitrogens with one attached hydrogen (secondary N) is 1. The average Bonchev–Trinajstić information content (AvgIpc) is 3.42. The number of hydrogen-bond donors (Lipinski definition) is 1. The number of rotatable bonds is 4. The first-order valence-corrected chi connectivity index (χ1v) is 10.6. The highest BCUT2D eigenvalue weighted by Crippen LogP contribution is 2.36. The number of likely N-dealkylation sites (tertiary alicyclic amines) is 1. The molecule has 0 unspecified atom stereocenters. The summed E-state index contributed by atoms with van der Waals surface area (Å²) in [6.07, 6.45) is 2.66. The topological polar surface area (TPSA) is 88.9 Å². The molecule has 1 fully saturated rings. The molecule has 1 aromatic heterocycles. The van der Waals surface area contributed by atoms with Crippen LogP contribution in [0.2, 0.25) is 5.02 Å². The molecule has 2 aromatic rings. The van der Waals surface area contributed by atoms with E-state index in [1.54, 1.807) is 21.7 Å². The van der Waals surface area contributed by atoms with Crippen molar-refractivity contribution >= 4 is 29.2 Å². The first-order valence-electron chi connectivity index (χ1n) is 10.2. The number of benzene rings is 1. The number of methoxy groups -OCH3 is 2.